The highest BCUT2D eigenvalue weighted by Crippen LogP contribution is 2.40. The molecule has 2 heteroatoms. The quantitative estimate of drug-likeness (QED) is 0.594. The van der Waals surface area contributed by atoms with Gasteiger partial charge in [-0.15, -0.1) is 0 Å². The van der Waals surface area contributed by atoms with Crippen molar-refractivity contribution in [2.45, 2.75) is 44.9 Å². The van der Waals surface area contributed by atoms with Crippen molar-refractivity contribution in [3.63, 3.8) is 0 Å². The van der Waals surface area contributed by atoms with Crippen LogP contribution in [0.5, 0.6) is 0 Å². The summed E-state index contributed by atoms with van der Waals surface area (Å²) in [4.78, 5) is 11.1. The highest BCUT2D eigenvalue weighted by Gasteiger charge is 2.31. The van der Waals surface area contributed by atoms with Gasteiger partial charge in [0.05, 0.1) is 0 Å². The van der Waals surface area contributed by atoms with Crippen molar-refractivity contribution < 1.29 is 4.79 Å². The standard InChI is InChI=1S/C11H17ClO/c12-11(13)10-5-4-8-2-1-3-9(6-8)7-10/h8-10H,1-7H2. The molecular weight excluding hydrogens is 184 g/mol. The summed E-state index contributed by atoms with van der Waals surface area (Å²) in [6, 6.07) is 0. The van der Waals surface area contributed by atoms with E-state index in [1.807, 2.05) is 0 Å². The van der Waals surface area contributed by atoms with E-state index in [1.165, 1.54) is 32.1 Å². The topological polar surface area (TPSA) is 17.1 Å². The van der Waals surface area contributed by atoms with Gasteiger partial charge in [0.25, 0.3) is 0 Å². The lowest BCUT2D eigenvalue weighted by Gasteiger charge is -2.25. The van der Waals surface area contributed by atoms with Crippen molar-refractivity contribution in [2.24, 2.45) is 17.8 Å². The van der Waals surface area contributed by atoms with E-state index in [9.17, 15) is 4.79 Å². The first kappa shape index (κ1) is 9.51. The van der Waals surface area contributed by atoms with Crippen LogP contribution in [0, 0.1) is 17.8 Å². The van der Waals surface area contributed by atoms with Gasteiger partial charge in [0.1, 0.15) is 0 Å². The van der Waals surface area contributed by atoms with Crippen molar-refractivity contribution in [2.75, 3.05) is 0 Å². The first-order chi connectivity index (χ1) is 6.25. The Labute approximate surface area is 84.8 Å². The normalized spacial score (nSPS) is 39.6. The fourth-order valence-electron chi connectivity index (χ4n) is 3.04. The van der Waals surface area contributed by atoms with Crippen molar-refractivity contribution >= 4 is 16.8 Å². The molecule has 74 valence electrons. The molecule has 0 aromatic heterocycles. The Hall–Kier alpha value is -0.0400. The highest BCUT2D eigenvalue weighted by atomic mass is 35.5. The van der Waals surface area contributed by atoms with E-state index in [1.54, 1.807) is 0 Å². The summed E-state index contributed by atoms with van der Waals surface area (Å²) in [5.41, 5.74) is 0. The molecule has 0 radical (unpaired) electrons. The second-order valence-corrected chi connectivity index (χ2v) is 5.09. The van der Waals surface area contributed by atoms with E-state index in [0.29, 0.717) is 0 Å². The van der Waals surface area contributed by atoms with Crippen LogP contribution in [0.1, 0.15) is 44.9 Å². The first-order valence-electron chi connectivity index (χ1n) is 5.45. The van der Waals surface area contributed by atoms with Gasteiger partial charge in [-0.1, -0.05) is 19.3 Å². The predicted molar refractivity (Wildman–Crippen MR) is 53.6 cm³/mol. The second-order valence-electron chi connectivity index (χ2n) is 4.71. The number of hydrogen-bond donors (Lipinski definition) is 0. The van der Waals surface area contributed by atoms with Crippen LogP contribution in [0.3, 0.4) is 0 Å². The van der Waals surface area contributed by atoms with Crippen molar-refractivity contribution in [1.29, 1.82) is 0 Å². The van der Waals surface area contributed by atoms with E-state index in [2.05, 4.69) is 0 Å². The minimum atomic E-state index is -0.0902. The van der Waals surface area contributed by atoms with Gasteiger partial charge in [0, 0.05) is 5.92 Å². The van der Waals surface area contributed by atoms with Crippen LogP contribution < -0.4 is 0 Å². The van der Waals surface area contributed by atoms with E-state index in [-0.39, 0.29) is 11.2 Å². The van der Waals surface area contributed by atoms with Gasteiger partial charge in [0.2, 0.25) is 5.24 Å². The van der Waals surface area contributed by atoms with Gasteiger partial charge < -0.3 is 0 Å². The lowest BCUT2D eigenvalue weighted by Crippen LogP contribution is -2.14. The van der Waals surface area contributed by atoms with Crippen LogP contribution in [0.15, 0.2) is 0 Å². The van der Waals surface area contributed by atoms with Gasteiger partial charge in [-0.3, -0.25) is 4.79 Å². The third-order valence-corrected chi connectivity index (χ3v) is 4.06. The first-order valence-corrected chi connectivity index (χ1v) is 5.83. The van der Waals surface area contributed by atoms with E-state index in [0.717, 1.165) is 24.7 Å². The number of carbonyl (C=O) groups excluding carboxylic acids is 1. The number of rotatable bonds is 1. The van der Waals surface area contributed by atoms with E-state index >= 15 is 0 Å². The Morgan fingerprint density at radius 3 is 2.54 bits per heavy atom. The maximum Gasteiger partial charge on any atom is 0.224 e. The number of hydrogen-bond acceptors (Lipinski definition) is 1. The Kier molecular flexibility index (Phi) is 2.92. The smallest absolute Gasteiger partial charge is 0.224 e. The van der Waals surface area contributed by atoms with Gasteiger partial charge in [0.15, 0.2) is 0 Å². The summed E-state index contributed by atoms with van der Waals surface area (Å²) in [5, 5.41) is -0.0902. The largest absolute Gasteiger partial charge is 0.281 e. The van der Waals surface area contributed by atoms with Gasteiger partial charge in [-0.05, 0) is 49.1 Å². The van der Waals surface area contributed by atoms with Crippen molar-refractivity contribution in [3.05, 3.63) is 0 Å². The summed E-state index contributed by atoms with van der Waals surface area (Å²) in [6.07, 6.45) is 8.80. The average Bonchev–Trinajstić information content (AvgIpc) is 2.25. The van der Waals surface area contributed by atoms with Crippen LogP contribution in [0.4, 0.5) is 0 Å². The molecule has 13 heavy (non-hydrogen) atoms. The molecule has 0 aromatic rings. The molecule has 2 saturated carbocycles. The van der Waals surface area contributed by atoms with Gasteiger partial charge >= 0.3 is 0 Å². The third kappa shape index (κ3) is 2.25. The van der Waals surface area contributed by atoms with E-state index < -0.39 is 0 Å². The molecule has 0 aromatic carbocycles. The molecule has 3 unspecified atom stereocenters. The molecular formula is C11H17ClO. The average molecular weight is 201 g/mol. The molecule has 3 atom stereocenters. The summed E-state index contributed by atoms with van der Waals surface area (Å²) in [5.74, 6) is 1.88. The molecule has 0 heterocycles. The molecule has 2 aliphatic carbocycles. The minimum Gasteiger partial charge on any atom is -0.281 e. The van der Waals surface area contributed by atoms with E-state index in [4.69, 9.17) is 11.6 Å². The molecule has 0 N–H and O–H groups in total. The van der Waals surface area contributed by atoms with Crippen LogP contribution in [-0.4, -0.2) is 5.24 Å². The molecule has 2 bridgehead atoms. The summed E-state index contributed by atoms with van der Waals surface area (Å²) < 4.78 is 0. The van der Waals surface area contributed by atoms with Crippen molar-refractivity contribution in [3.8, 4) is 0 Å². The van der Waals surface area contributed by atoms with Gasteiger partial charge in [-0.25, -0.2) is 0 Å². The molecule has 2 fully saturated rings. The fraction of sp³-hybridized carbons (Fsp3) is 0.909. The number of halogens is 1. The van der Waals surface area contributed by atoms with Crippen molar-refractivity contribution in [1.82, 2.24) is 0 Å². The molecule has 1 nitrogen and oxygen atoms in total. The summed E-state index contributed by atoms with van der Waals surface area (Å²) >= 11 is 5.58. The third-order valence-electron chi connectivity index (χ3n) is 3.75. The SMILES string of the molecule is O=C(Cl)C1CCC2CCCC(C2)C1. The minimum absolute atomic E-state index is 0.0902. The molecule has 2 aliphatic rings. The Morgan fingerprint density at radius 2 is 1.77 bits per heavy atom. The zero-order valence-corrected chi connectivity index (χ0v) is 8.72. The molecule has 2 rings (SSSR count). The zero-order chi connectivity index (χ0) is 9.26. The van der Waals surface area contributed by atoms with Crippen LogP contribution in [0.2, 0.25) is 0 Å². The van der Waals surface area contributed by atoms with Gasteiger partial charge in [-0.2, -0.15) is 0 Å². The maximum absolute atomic E-state index is 11.1. The predicted octanol–water partition coefficient (Wildman–Crippen LogP) is 3.36. The maximum atomic E-state index is 11.1. The van der Waals surface area contributed by atoms with Crippen LogP contribution in [0.25, 0.3) is 0 Å². The Balaban J connectivity index is 2.01. The fourth-order valence-corrected chi connectivity index (χ4v) is 3.24. The molecule has 0 amide bonds. The molecule has 0 spiro atoms. The highest BCUT2D eigenvalue weighted by molar-refractivity contribution is 6.63. The van der Waals surface area contributed by atoms with Crippen LogP contribution in [-0.2, 0) is 4.79 Å². The molecule has 0 aliphatic heterocycles. The zero-order valence-electron chi connectivity index (χ0n) is 7.97. The Bertz CT molecular complexity index is 202. The second kappa shape index (κ2) is 4.00. The lowest BCUT2D eigenvalue weighted by molar-refractivity contribution is -0.115. The number of fused-ring (bicyclic) bond motifs is 2. The summed E-state index contributed by atoms with van der Waals surface area (Å²) in [6.45, 7) is 0. The number of carbonyl (C=O) groups is 1. The molecule has 0 saturated heterocycles. The lowest BCUT2D eigenvalue weighted by atomic mass is 9.80. The van der Waals surface area contributed by atoms with Crippen LogP contribution >= 0.6 is 11.6 Å². The summed E-state index contributed by atoms with van der Waals surface area (Å²) in [7, 11) is 0. The Morgan fingerprint density at radius 1 is 1.00 bits per heavy atom. The monoisotopic (exact) mass is 200 g/mol.